The Morgan fingerprint density at radius 1 is 1.52 bits per heavy atom. The van der Waals surface area contributed by atoms with Crippen LogP contribution in [-0.4, -0.2) is 28.1 Å². The Bertz CT molecular complexity index is 699. The maximum Gasteiger partial charge on any atom is 0.244 e. The first-order chi connectivity index (χ1) is 11.0. The lowest BCUT2D eigenvalue weighted by Crippen LogP contribution is -2.53. The smallest absolute Gasteiger partial charge is 0.244 e. The third-order valence-corrected chi connectivity index (χ3v) is 4.77. The Hall–Kier alpha value is -2.34. The third-order valence-electron chi connectivity index (χ3n) is 4.77. The number of anilines is 1. The third kappa shape index (κ3) is 2.82. The van der Waals surface area contributed by atoms with E-state index >= 15 is 0 Å². The second kappa shape index (κ2) is 6.04. The van der Waals surface area contributed by atoms with Crippen molar-refractivity contribution < 1.29 is 9.53 Å². The van der Waals surface area contributed by atoms with E-state index in [-0.39, 0.29) is 11.8 Å². The molecule has 6 nitrogen and oxygen atoms in total. The van der Waals surface area contributed by atoms with Crippen LogP contribution in [0, 0.1) is 5.92 Å². The SMILES string of the molecule is COc1cc(-n2ccnc2)ccc1NC(=O)C1(N)CCCC1C. The number of nitrogens with zero attached hydrogens (tertiary/aromatic N) is 2. The highest BCUT2D eigenvalue weighted by Crippen LogP contribution is 2.35. The Morgan fingerprint density at radius 3 is 2.96 bits per heavy atom. The van der Waals surface area contributed by atoms with Crippen molar-refractivity contribution in [3.63, 3.8) is 0 Å². The normalized spacial score (nSPS) is 23.7. The highest BCUT2D eigenvalue weighted by atomic mass is 16.5. The largest absolute Gasteiger partial charge is 0.494 e. The summed E-state index contributed by atoms with van der Waals surface area (Å²) in [5.74, 6) is 0.633. The molecule has 1 aliphatic carbocycles. The fraction of sp³-hybridized carbons (Fsp3) is 0.412. The minimum atomic E-state index is -0.798. The maximum absolute atomic E-state index is 12.6. The van der Waals surface area contributed by atoms with Crippen molar-refractivity contribution in [2.24, 2.45) is 11.7 Å². The Morgan fingerprint density at radius 2 is 2.35 bits per heavy atom. The number of ether oxygens (including phenoxy) is 1. The molecule has 1 heterocycles. The van der Waals surface area contributed by atoms with Crippen molar-refractivity contribution in [3.8, 4) is 11.4 Å². The molecule has 1 aromatic carbocycles. The highest BCUT2D eigenvalue weighted by molar-refractivity contribution is 5.99. The van der Waals surface area contributed by atoms with Gasteiger partial charge >= 0.3 is 0 Å². The summed E-state index contributed by atoms with van der Waals surface area (Å²) < 4.78 is 7.29. The first kappa shape index (κ1) is 15.6. The van der Waals surface area contributed by atoms with E-state index in [2.05, 4.69) is 10.3 Å². The van der Waals surface area contributed by atoms with Gasteiger partial charge in [-0.15, -0.1) is 0 Å². The number of imidazole rings is 1. The quantitative estimate of drug-likeness (QED) is 0.907. The van der Waals surface area contributed by atoms with Crippen LogP contribution in [-0.2, 0) is 4.79 Å². The Balaban J connectivity index is 1.84. The first-order valence-corrected chi connectivity index (χ1v) is 7.81. The second-order valence-electron chi connectivity index (χ2n) is 6.14. The fourth-order valence-corrected chi connectivity index (χ4v) is 3.14. The van der Waals surface area contributed by atoms with Crippen LogP contribution >= 0.6 is 0 Å². The second-order valence-corrected chi connectivity index (χ2v) is 6.14. The highest BCUT2D eigenvalue weighted by Gasteiger charge is 2.43. The molecule has 3 N–H and O–H groups in total. The van der Waals surface area contributed by atoms with Gasteiger partial charge in [0.15, 0.2) is 0 Å². The van der Waals surface area contributed by atoms with E-state index in [1.54, 1.807) is 19.6 Å². The molecule has 3 rings (SSSR count). The van der Waals surface area contributed by atoms with Gasteiger partial charge in [0, 0.05) is 18.5 Å². The minimum Gasteiger partial charge on any atom is -0.494 e. The van der Waals surface area contributed by atoms with Gasteiger partial charge in [-0.1, -0.05) is 13.3 Å². The molecule has 6 heteroatoms. The van der Waals surface area contributed by atoms with E-state index in [4.69, 9.17) is 10.5 Å². The van der Waals surface area contributed by atoms with Crippen molar-refractivity contribution in [3.05, 3.63) is 36.9 Å². The van der Waals surface area contributed by atoms with Crippen molar-refractivity contribution in [2.45, 2.75) is 31.7 Å². The van der Waals surface area contributed by atoms with Gasteiger partial charge in [-0.05, 0) is 30.9 Å². The summed E-state index contributed by atoms with van der Waals surface area (Å²) in [4.78, 5) is 16.7. The monoisotopic (exact) mass is 314 g/mol. The molecule has 0 spiro atoms. The fourth-order valence-electron chi connectivity index (χ4n) is 3.14. The van der Waals surface area contributed by atoms with Gasteiger partial charge in [0.2, 0.25) is 5.91 Å². The van der Waals surface area contributed by atoms with E-state index in [0.29, 0.717) is 11.4 Å². The topological polar surface area (TPSA) is 82.2 Å². The average Bonchev–Trinajstić information content (AvgIpc) is 3.19. The van der Waals surface area contributed by atoms with Gasteiger partial charge in [-0.2, -0.15) is 0 Å². The number of benzene rings is 1. The summed E-state index contributed by atoms with van der Waals surface area (Å²) in [7, 11) is 1.58. The zero-order chi connectivity index (χ0) is 16.4. The Labute approximate surface area is 135 Å². The van der Waals surface area contributed by atoms with E-state index in [0.717, 1.165) is 24.9 Å². The van der Waals surface area contributed by atoms with Gasteiger partial charge in [-0.3, -0.25) is 4.79 Å². The molecule has 122 valence electrons. The molecule has 2 unspecified atom stereocenters. The number of nitrogens with one attached hydrogen (secondary N) is 1. The van der Waals surface area contributed by atoms with E-state index < -0.39 is 5.54 Å². The van der Waals surface area contributed by atoms with Crippen LogP contribution in [0.5, 0.6) is 5.75 Å². The van der Waals surface area contributed by atoms with Crippen molar-refractivity contribution in [2.75, 3.05) is 12.4 Å². The summed E-state index contributed by atoms with van der Waals surface area (Å²) >= 11 is 0. The molecule has 2 atom stereocenters. The van der Waals surface area contributed by atoms with Crippen LogP contribution in [0.25, 0.3) is 5.69 Å². The van der Waals surface area contributed by atoms with Gasteiger partial charge in [-0.25, -0.2) is 4.98 Å². The molecular formula is C17H22N4O2. The minimum absolute atomic E-state index is 0.142. The molecule has 1 amide bonds. The number of nitrogens with two attached hydrogens (primary N) is 1. The number of carbonyl (C=O) groups excluding carboxylic acids is 1. The Kier molecular flexibility index (Phi) is 4.09. The molecule has 1 aliphatic rings. The van der Waals surface area contributed by atoms with E-state index in [1.807, 2.05) is 35.9 Å². The summed E-state index contributed by atoms with van der Waals surface area (Å²) in [6.45, 7) is 2.03. The first-order valence-electron chi connectivity index (χ1n) is 7.81. The number of hydrogen-bond donors (Lipinski definition) is 2. The van der Waals surface area contributed by atoms with Crippen LogP contribution in [0.1, 0.15) is 26.2 Å². The van der Waals surface area contributed by atoms with Crippen molar-refractivity contribution in [1.29, 1.82) is 0 Å². The molecule has 0 saturated heterocycles. The maximum atomic E-state index is 12.6. The number of rotatable bonds is 4. The molecule has 0 bridgehead atoms. The number of hydrogen-bond acceptors (Lipinski definition) is 4. The molecule has 1 saturated carbocycles. The van der Waals surface area contributed by atoms with E-state index in [1.165, 1.54) is 0 Å². The van der Waals surface area contributed by atoms with Gasteiger partial charge in [0.05, 0.1) is 30.4 Å². The molecule has 2 aromatic rings. The average molecular weight is 314 g/mol. The van der Waals surface area contributed by atoms with Crippen LogP contribution in [0.15, 0.2) is 36.9 Å². The molecule has 0 radical (unpaired) electrons. The van der Waals surface area contributed by atoms with Crippen LogP contribution in [0.3, 0.4) is 0 Å². The van der Waals surface area contributed by atoms with Crippen LogP contribution in [0.4, 0.5) is 5.69 Å². The predicted molar refractivity (Wildman–Crippen MR) is 88.7 cm³/mol. The predicted octanol–water partition coefficient (Wildman–Crippen LogP) is 2.34. The lowest BCUT2D eigenvalue weighted by Gasteiger charge is -2.28. The summed E-state index contributed by atoms with van der Waals surface area (Å²) in [5, 5.41) is 2.93. The molecule has 1 fully saturated rings. The number of amides is 1. The van der Waals surface area contributed by atoms with Crippen LogP contribution in [0.2, 0.25) is 0 Å². The van der Waals surface area contributed by atoms with Crippen molar-refractivity contribution in [1.82, 2.24) is 9.55 Å². The van der Waals surface area contributed by atoms with Crippen LogP contribution < -0.4 is 15.8 Å². The van der Waals surface area contributed by atoms with Gasteiger partial charge in [0.25, 0.3) is 0 Å². The molecule has 0 aliphatic heterocycles. The summed E-state index contributed by atoms with van der Waals surface area (Å²) in [5.41, 5.74) is 7.07. The van der Waals surface area contributed by atoms with E-state index in [9.17, 15) is 4.79 Å². The summed E-state index contributed by atoms with van der Waals surface area (Å²) in [6.07, 6.45) is 7.96. The molecule has 1 aromatic heterocycles. The standard InChI is InChI=1S/C17H22N4O2/c1-12-4-3-7-17(12,18)16(22)20-14-6-5-13(10-15(14)23-2)21-9-8-19-11-21/h5-6,8-12H,3-4,7,18H2,1-2H3,(H,20,22). The van der Waals surface area contributed by atoms with Crippen molar-refractivity contribution >= 4 is 11.6 Å². The lowest BCUT2D eigenvalue weighted by atomic mass is 9.88. The zero-order valence-electron chi connectivity index (χ0n) is 13.5. The zero-order valence-corrected chi connectivity index (χ0v) is 13.5. The molecular weight excluding hydrogens is 292 g/mol. The lowest BCUT2D eigenvalue weighted by molar-refractivity contribution is -0.122. The van der Waals surface area contributed by atoms with Gasteiger partial charge < -0.3 is 20.4 Å². The summed E-state index contributed by atoms with van der Waals surface area (Å²) in [6, 6.07) is 5.59. The number of carbonyl (C=O) groups is 1. The van der Waals surface area contributed by atoms with Gasteiger partial charge in [0.1, 0.15) is 5.75 Å². The number of aromatic nitrogens is 2. The molecule has 23 heavy (non-hydrogen) atoms. The number of methoxy groups -OCH3 is 1.